The van der Waals surface area contributed by atoms with Crippen molar-refractivity contribution in [2.45, 2.75) is 6.61 Å². The van der Waals surface area contributed by atoms with Crippen molar-refractivity contribution < 1.29 is 13.9 Å². The Kier molecular flexibility index (Phi) is 4.81. The summed E-state index contributed by atoms with van der Waals surface area (Å²) in [6.07, 6.45) is 1.76. The highest BCUT2D eigenvalue weighted by molar-refractivity contribution is 7.80. The molecule has 2 aromatic carbocycles. The summed E-state index contributed by atoms with van der Waals surface area (Å²) in [5.74, 6) is 0.207. The SMILES string of the molecule is CN1C(=O)/C(=C/c2ccccc2OCc2ccc(F)cc2)N(C)C1=S. The van der Waals surface area contributed by atoms with Crippen LogP contribution in [0.15, 0.2) is 54.2 Å². The molecule has 0 unspecified atom stereocenters. The highest BCUT2D eigenvalue weighted by atomic mass is 32.1. The average Bonchev–Trinajstić information content (AvgIpc) is 2.80. The number of carbonyl (C=O) groups is 1. The second-order valence-electron chi connectivity index (χ2n) is 5.69. The molecule has 2 aromatic rings. The second-order valence-corrected chi connectivity index (χ2v) is 6.05. The standard InChI is InChI=1S/C19H17FN2O2S/c1-21-16(18(23)22(2)19(21)25)11-14-5-3-4-6-17(14)24-12-13-7-9-15(20)10-8-13/h3-11H,12H2,1-2H3/b16-11-. The number of ether oxygens (including phenoxy) is 1. The minimum atomic E-state index is -0.281. The Morgan fingerprint density at radius 2 is 1.76 bits per heavy atom. The smallest absolute Gasteiger partial charge is 0.276 e. The van der Waals surface area contributed by atoms with E-state index in [1.807, 2.05) is 24.3 Å². The Morgan fingerprint density at radius 1 is 1.08 bits per heavy atom. The van der Waals surface area contributed by atoms with Crippen LogP contribution in [-0.4, -0.2) is 34.9 Å². The molecule has 0 atom stereocenters. The Morgan fingerprint density at radius 3 is 2.40 bits per heavy atom. The van der Waals surface area contributed by atoms with Crippen molar-refractivity contribution in [2.24, 2.45) is 0 Å². The van der Waals surface area contributed by atoms with Crippen LogP contribution in [0.2, 0.25) is 0 Å². The topological polar surface area (TPSA) is 32.8 Å². The Balaban J connectivity index is 1.84. The van der Waals surface area contributed by atoms with E-state index in [-0.39, 0.29) is 11.7 Å². The highest BCUT2D eigenvalue weighted by Crippen LogP contribution is 2.26. The van der Waals surface area contributed by atoms with E-state index < -0.39 is 0 Å². The predicted molar refractivity (Wildman–Crippen MR) is 98.3 cm³/mol. The van der Waals surface area contributed by atoms with Gasteiger partial charge in [-0.2, -0.15) is 0 Å². The molecule has 1 amide bonds. The minimum absolute atomic E-state index is 0.152. The first-order chi connectivity index (χ1) is 12.0. The number of para-hydroxylation sites is 1. The summed E-state index contributed by atoms with van der Waals surface area (Å²) in [6, 6.07) is 13.6. The van der Waals surface area contributed by atoms with Crippen LogP contribution >= 0.6 is 12.2 Å². The molecule has 1 aliphatic rings. The third-order valence-corrected chi connectivity index (χ3v) is 4.53. The van der Waals surface area contributed by atoms with Gasteiger partial charge >= 0.3 is 0 Å². The first kappa shape index (κ1) is 17.1. The van der Waals surface area contributed by atoms with Gasteiger partial charge in [0.25, 0.3) is 5.91 Å². The number of thiocarbonyl (C=S) groups is 1. The molecule has 1 heterocycles. The largest absolute Gasteiger partial charge is 0.488 e. The van der Waals surface area contributed by atoms with E-state index in [0.717, 1.165) is 11.1 Å². The van der Waals surface area contributed by atoms with E-state index in [1.54, 1.807) is 37.2 Å². The molecular formula is C19H17FN2O2S. The van der Waals surface area contributed by atoms with Crippen molar-refractivity contribution >= 4 is 29.3 Å². The van der Waals surface area contributed by atoms with Crippen LogP contribution in [0.4, 0.5) is 4.39 Å². The third-order valence-electron chi connectivity index (χ3n) is 3.98. The van der Waals surface area contributed by atoms with Crippen molar-refractivity contribution in [1.29, 1.82) is 0 Å². The van der Waals surface area contributed by atoms with Crippen LogP contribution in [-0.2, 0) is 11.4 Å². The van der Waals surface area contributed by atoms with Crippen LogP contribution in [0.5, 0.6) is 5.75 Å². The summed E-state index contributed by atoms with van der Waals surface area (Å²) in [7, 11) is 3.41. The molecule has 1 saturated heterocycles. The maximum absolute atomic E-state index is 13.0. The number of halogens is 1. The summed E-state index contributed by atoms with van der Waals surface area (Å²) in [6.45, 7) is 0.308. The van der Waals surface area contributed by atoms with Gasteiger partial charge in [0.05, 0.1) is 0 Å². The van der Waals surface area contributed by atoms with Crippen LogP contribution in [0.3, 0.4) is 0 Å². The van der Waals surface area contributed by atoms with Gasteiger partial charge in [0.15, 0.2) is 5.11 Å². The summed E-state index contributed by atoms with van der Waals surface area (Å²) < 4.78 is 18.8. The van der Waals surface area contributed by atoms with Gasteiger partial charge in [-0.05, 0) is 42.1 Å². The quantitative estimate of drug-likeness (QED) is 0.621. The molecule has 0 bridgehead atoms. The fourth-order valence-corrected chi connectivity index (χ4v) is 2.69. The third kappa shape index (κ3) is 3.53. The molecule has 3 rings (SSSR count). The summed E-state index contributed by atoms with van der Waals surface area (Å²) in [5.41, 5.74) is 2.13. The summed E-state index contributed by atoms with van der Waals surface area (Å²) in [5, 5.41) is 0.459. The molecule has 6 heteroatoms. The molecule has 25 heavy (non-hydrogen) atoms. The molecule has 0 radical (unpaired) electrons. The maximum atomic E-state index is 13.0. The highest BCUT2D eigenvalue weighted by Gasteiger charge is 2.32. The average molecular weight is 356 g/mol. The molecular weight excluding hydrogens is 339 g/mol. The first-order valence-corrected chi connectivity index (χ1v) is 8.12. The number of nitrogens with zero attached hydrogens (tertiary/aromatic N) is 2. The van der Waals surface area contributed by atoms with Crippen molar-refractivity contribution in [1.82, 2.24) is 9.80 Å². The number of hydrogen-bond donors (Lipinski definition) is 0. The zero-order valence-corrected chi connectivity index (χ0v) is 14.7. The lowest BCUT2D eigenvalue weighted by atomic mass is 10.1. The van der Waals surface area contributed by atoms with Crippen molar-refractivity contribution in [3.8, 4) is 5.75 Å². The van der Waals surface area contributed by atoms with Crippen LogP contribution in [0.1, 0.15) is 11.1 Å². The van der Waals surface area contributed by atoms with E-state index in [0.29, 0.717) is 23.2 Å². The van der Waals surface area contributed by atoms with E-state index in [1.165, 1.54) is 17.0 Å². The van der Waals surface area contributed by atoms with Gasteiger partial charge in [-0.25, -0.2) is 4.39 Å². The predicted octanol–water partition coefficient (Wildman–Crippen LogP) is 3.43. The normalized spacial score (nSPS) is 16.0. The van der Waals surface area contributed by atoms with Gasteiger partial charge in [0.1, 0.15) is 23.9 Å². The molecule has 0 N–H and O–H groups in total. The number of hydrogen-bond acceptors (Lipinski definition) is 3. The van der Waals surface area contributed by atoms with E-state index in [4.69, 9.17) is 17.0 Å². The van der Waals surface area contributed by atoms with E-state index in [2.05, 4.69) is 0 Å². The minimum Gasteiger partial charge on any atom is -0.488 e. The Bertz CT molecular complexity index is 849. The summed E-state index contributed by atoms with van der Waals surface area (Å²) in [4.78, 5) is 15.4. The zero-order valence-electron chi connectivity index (χ0n) is 13.9. The lowest BCUT2D eigenvalue weighted by Gasteiger charge is -2.12. The van der Waals surface area contributed by atoms with Crippen LogP contribution < -0.4 is 4.74 Å². The van der Waals surface area contributed by atoms with Gasteiger partial charge in [0.2, 0.25) is 0 Å². The Labute approximate surface area is 151 Å². The Hall–Kier alpha value is -2.73. The van der Waals surface area contributed by atoms with Gasteiger partial charge < -0.3 is 9.64 Å². The van der Waals surface area contributed by atoms with E-state index >= 15 is 0 Å². The van der Waals surface area contributed by atoms with Gasteiger partial charge in [-0.3, -0.25) is 9.69 Å². The maximum Gasteiger partial charge on any atom is 0.276 e. The molecule has 4 nitrogen and oxygen atoms in total. The number of amides is 1. The number of benzene rings is 2. The van der Waals surface area contributed by atoms with Gasteiger partial charge in [-0.15, -0.1) is 0 Å². The van der Waals surface area contributed by atoms with Crippen LogP contribution in [0.25, 0.3) is 6.08 Å². The lowest BCUT2D eigenvalue weighted by Crippen LogP contribution is -2.26. The molecule has 0 saturated carbocycles. The van der Waals surface area contributed by atoms with Gasteiger partial charge in [0, 0.05) is 19.7 Å². The van der Waals surface area contributed by atoms with Crippen LogP contribution in [0, 0.1) is 5.82 Å². The monoisotopic (exact) mass is 356 g/mol. The number of carbonyl (C=O) groups excluding carboxylic acids is 1. The molecule has 0 spiro atoms. The molecule has 0 aliphatic carbocycles. The van der Waals surface area contributed by atoms with Crippen molar-refractivity contribution in [3.63, 3.8) is 0 Å². The lowest BCUT2D eigenvalue weighted by molar-refractivity contribution is -0.121. The zero-order chi connectivity index (χ0) is 18.0. The van der Waals surface area contributed by atoms with Crippen molar-refractivity contribution in [2.75, 3.05) is 14.1 Å². The fourth-order valence-electron chi connectivity index (χ4n) is 2.51. The molecule has 1 fully saturated rings. The van der Waals surface area contributed by atoms with Crippen molar-refractivity contribution in [3.05, 3.63) is 71.2 Å². The number of rotatable bonds is 4. The first-order valence-electron chi connectivity index (χ1n) is 7.71. The van der Waals surface area contributed by atoms with Gasteiger partial charge in [-0.1, -0.05) is 30.3 Å². The van der Waals surface area contributed by atoms with E-state index in [9.17, 15) is 9.18 Å². The second kappa shape index (κ2) is 7.03. The molecule has 1 aliphatic heterocycles. The molecule has 0 aromatic heterocycles. The molecule has 128 valence electrons. The summed E-state index contributed by atoms with van der Waals surface area (Å²) >= 11 is 5.22. The fraction of sp³-hybridized carbons (Fsp3) is 0.158. The number of likely N-dealkylation sites (N-methyl/N-ethyl adjacent to an activating group) is 2.